The molecule has 18 heavy (non-hydrogen) atoms. The molecule has 0 spiro atoms. The van der Waals surface area contributed by atoms with Gasteiger partial charge in [-0.05, 0) is 26.1 Å². The van der Waals surface area contributed by atoms with Gasteiger partial charge in [-0.3, -0.25) is 0 Å². The number of likely N-dealkylation sites (N-methyl/N-ethyl adjacent to an activating group) is 1. The third kappa shape index (κ3) is 3.39. The van der Waals surface area contributed by atoms with Gasteiger partial charge in [0.2, 0.25) is 0 Å². The predicted molar refractivity (Wildman–Crippen MR) is 74.8 cm³/mol. The van der Waals surface area contributed by atoms with E-state index in [1.54, 1.807) is 11.8 Å². The Morgan fingerprint density at radius 2 is 2.11 bits per heavy atom. The Balaban J connectivity index is 1.78. The number of rotatable bonds is 3. The normalized spacial score (nSPS) is 29.9. The number of hydrogen-bond acceptors (Lipinski definition) is 5. The van der Waals surface area contributed by atoms with Crippen molar-refractivity contribution in [1.29, 1.82) is 5.26 Å². The van der Waals surface area contributed by atoms with Crippen LogP contribution in [0.1, 0.15) is 12.8 Å². The molecule has 1 unspecified atom stereocenters. The second-order valence-corrected chi connectivity index (χ2v) is 6.56. The maximum Gasteiger partial charge on any atom is 0.104 e. The van der Waals surface area contributed by atoms with Crippen LogP contribution in [0.5, 0.6) is 0 Å². The van der Waals surface area contributed by atoms with Crippen molar-refractivity contribution in [3.63, 3.8) is 0 Å². The summed E-state index contributed by atoms with van der Waals surface area (Å²) in [6.45, 7) is 5.99. The molecule has 0 aromatic heterocycles. The third-order valence-electron chi connectivity index (χ3n) is 4.06. The van der Waals surface area contributed by atoms with Crippen LogP contribution >= 0.6 is 11.8 Å². The summed E-state index contributed by atoms with van der Waals surface area (Å²) in [5.74, 6) is 0. The summed E-state index contributed by atoms with van der Waals surface area (Å²) < 4.78 is 5.66. The highest BCUT2D eigenvalue weighted by molar-refractivity contribution is 8.00. The molecular formula is C13H23N3OS. The number of nitrogens with zero attached hydrogens (tertiary/aromatic N) is 3. The maximum atomic E-state index is 9.26. The van der Waals surface area contributed by atoms with Crippen molar-refractivity contribution in [3.05, 3.63) is 0 Å². The van der Waals surface area contributed by atoms with Gasteiger partial charge in [-0.2, -0.15) is 5.26 Å². The number of thioether (sulfide) groups is 1. The summed E-state index contributed by atoms with van der Waals surface area (Å²) >= 11 is 1.71. The monoisotopic (exact) mass is 269 g/mol. The minimum atomic E-state index is -0.138. The smallest absolute Gasteiger partial charge is 0.104 e. The molecule has 102 valence electrons. The minimum absolute atomic E-state index is 0.138. The van der Waals surface area contributed by atoms with Gasteiger partial charge in [0, 0.05) is 32.7 Å². The van der Waals surface area contributed by atoms with Gasteiger partial charge in [-0.1, -0.05) is 0 Å². The highest BCUT2D eigenvalue weighted by atomic mass is 32.2. The fraction of sp³-hybridized carbons (Fsp3) is 0.923. The van der Waals surface area contributed by atoms with Gasteiger partial charge in [0.25, 0.3) is 0 Å². The highest BCUT2D eigenvalue weighted by Gasteiger charge is 2.34. The lowest BCUT2D eigenvalue weighted by atomic mass is 9.97. The van der Waals surface area contributed by atoms with Gasteiger partial charge in [-0.25, -0.2) is 0 Å². The van der Waals surface area contributed by atoms with Crippen LogP contribution in [0.3, 0.4) is 0 Å². The van der Waals surface area contributed by atoms with E-state index in [2.05, 4.69) is 29.2 Å². The topological polar surface area (TPSA) is 39.5 Å². The molecule has 2 fully saturated rings. The largest absolute Gasteiger partial charge is 0.374 e. The average Bonchev–Trinajstić information content (AvgIpc) is 2.40. The van der Waals surface area contributed by atoms with E-state index in [4.69, 9.17) is 4.74 Å². The molecule has 0 saturated carbocycles. The lowest BCUT2D eigenvalue weighted by Crippen LogP contribution is -2.49. The number of morpholine rings is 1. The molecule has 0 bridgehead atoms. The Bertz CT molecular complexity index is 310. The molecule has 2 heterocycles. The molecule has 5 heteroatoms. The molecule has 1 atom stereocenters. The Hall–Kier alpha value is -0.280. The highest BCUT2D eigenvalue weighted by Crippen LogP contribution is 2.33. The van der Waals surface area contributed by atoms with E-state index in [9.17, 15) is 5.26 Å². The molecule has 0 aromatic rings. The molecule has 0 N–H and O–H groups in total. The van der Waals surface area contributed by atoms with E-state index >= 15 is 0 Å². The molecule has 0 radical (unpaired) electrons. The molecule has 0 amide bonds. The molecule has 2 saturated heterocycles. The lowest BCUT2D eigenvalue weighted by molar-refractivity contribution is -0.0380. The second-order valence-electron chi connectivity index (χ2n) is 5.37. The van der Waals surface area contributed by atoms with Crippen molar-refractivity contribution in [2.24, 2.45) is 0 Å². The number of hydrogen-bond donors (Lipinski definition) is 0. The summed E-state index contributed by atoms with van der Waals surface area (Å²) in [6, 6.07) is 2.50. The SMILES string of the molecule is CSC1(C#N)CCN(CC2CN(C)CCO2)CC1. The Labute approximate surface area is 114 Å². The van der Waals surface area contributed by atoms with E-state index in [0.717, 1.165) is 52.2 Å². The van der Waals surface area contributed by atoms with Crippen molar-refractivity contribution >= 4 is 11.8 Å². The van der Waals surface area contributed by atoms with Crippen molar-refractivity contribution < 1.29 is 4.74 Å². The van der Waals surface area contributed by atoms with E-state index in [1.165, 1.54) is 0 Å². The van der Waals surface area contributed by atoms with Crippen molar-refractivity contribution in [2.45, 2.75) is 23.7 Å². The Morgan fingerprint density at radius 1 is 1.39 bits per heavy atom. The zero-order valence-corrected chi connectivity index (χ0v) is 12.2. The molecule has 2 aliphatic heterocycles. The summed E-state index contributed by atoms with van der Waals surface area (Å²) in [4.78, 5) is 4.79. The first kappa shape index (κ1) is 14.1. The third-order valence-corrected chi connectivity index (χ3v) is 5.34. The Kier molecular flexibility index (Phi) is 4.91. The van der Waals surface area contributed by atoms with E-state index < -0.39 is 0 Å². The average molecular weight is 269 g/mol. The van der Waals surface area contributed by atoms with Gasteiger partial charge < -0.3 is 14.5 Å². The standard InChI is InChI=1S/C13H23N3OS/c1-15-7-8-17-12(9-15)10-16-5-3-13(11-14,18-2)4-6-16/h12H,3-10H2,1-2H3. The van der Waals surface area contributed by atoms with Gasteiger partial charge in [0.15, 0.2) is 0 Å². The summed E-state index contributed by atoms with van der Waals surface area (Å²) in [7, 11) is 2.15. The van der Waals surface area contributed by atoms with Crippen LogP contribution in [0.2, 0.25) is 0 Å². The maximum absolute atomic E-state index is 9.26. The predicted octanol–water partition coefficient (Wildman–Crippen LogP) is 1.04. The second kappa shape index (κ2) is 6.25. The van der Waals surface area contributed by atoms with Gasteiger partial charge in [0.1, 0.15) is 4.75 Å². The van der Waals surface area contributed by atoms with Crippen molar-refractivity contribution in [1.82, 2.24) is 9.80 Å². The van der Waals surface area contributed by atoms with Crippen LogP contribution in [-0.2, 0) is 4.74 Å². The number of nitriles is 1. The summed E-state index contributed by atoms with van der Waals surface area (Å²) in [5.41, 5.74) is 0. The summed E-state index contributed by atoms with van der Waals surface area (Å²) in [6.07, 6.45) is 4.35. The van der Waals surface area contributed by atoms with Crippen LogP contribution in [-0.4, -0.2) is 73.3 Å². The molecule has 2 aliphatic rings. The number of piperidine rings is 1. The lowest BCUT2D eigenvalue weighted by Gasteiger charge is -2.39. The molecular weight excluding hydrogens is 246 g/mol. The Morgan fingerprint density at radius 3 is 2.67 bits per heavy atom. The fourth-order valence-electron chi connectivity index (χ4n) is 2.72. The van der Waals surface area contributed by atoms with Gasteiger partial charge in [0.05, 0.1) is 18.8 Å². The van der Waals surface area contributed by atoms with Crippen LogP contribution in [0.25, 0.3) is 0 Å². The zero-order valence-electron chi connectivity index (χ0n) is 11.4. The first-order valence-electron chi connectivity index (χ1n) is 6.66. The van der Waals surface area contributed by atoms with Gasteiger partial charge in [-0.15, -0.1) is 11.8 Å². The fourth-order valence-corrected chi connectivity index (χ4v) is 3.41. The van der Waals surface area contributed by atoms with E-state index in [0.29, 0.717) is 6.10 Å². The zero-order chi connectivity index (χ0) is 13.0. The minimum Gasteiger partial charge on any atom is -0.374 e. The van der Waals surface area contributed by atoms with Gasteiger partial charge >= 0.3 is 0 Å². The quantitative estimate of drug-likeness (QED) is 0.765. The van der Waals surface area contributed by atoms with Crippen LogP contribution in [0.4, 0.5) is 0 Å². The molecule has 0 aliphatic carbocycles. The van der Waals surface area contributed by atoms with Crippen molar-refractivity contribution in [3.8, 4) is 6.07 Å². The summed E-state index contributed by atoms with van der Waals surface area (Å²) in [5, 5.41) is 9.26. The van der Waals surface area contributed by atoms with Crippen LogP contribution in [0.15, 0.2) is 0 Å². The molecule has 2 rings (SSSR count). The molecule has 4 nitrogen and oxygen atoms in total. The molecule has 0 aromatic carbocycles. The van der Waals surface area contributed by atoms with Crippen molar-refractivity contribution in [2.75, 3.05) is 52.6 Å². The van der Waals surface area contributed by atoms with E-state index in [1.807, 2.05) is 0 Å². The van der Waals surface area contributed by atoms with Crippen LogP contribution in [0, 0.1) is 11.3 Å². The van der Waals surface area contributed by atoms with Crippen LogP contribution < -0.4 is 0 Å². The first-order chi connectivity index (χ1) is 8.67. The van der Waals surface area contributed by atoms with E-state index in [-0.39, 0.29) is 4.75 Å². The first-order valence-corrected chi connectivity index (χ1v) is 7.89. The number of likely N-dealkylation sites (tertiary alicyclic amines) is 1. The number of ether oxygens (including phenoxy) is 1.